The summed E-state index contributed by atoms with van der Waals surface area (Å²) in [7, 11) is 0. The van der Waals surface area contributed by atoms with E-state index in [9.17, 15) is 0 Å². The van der Waals surface area contributed by atoms with Gasteiger partial charge in [0.05, 0.1) is 0 Å². The summed E-state index contributed by atoms with van der Waals surface area (Å²) < 4.78 is 0. The van der Waals surface area contributed by atoms with Crippen LogP contribution in [0, 0.1) is 6.92 Å². The lowest BCUT2D eigenvalue weighted by Gasteiger charge is -2.35. The van der Waals surface area contributed by atoms with E-state index in [4.69, 9.17) is 0 Å². The first-order valence-electron chi connectivity index (χ1n) is 5.79. The van der Waals surface area contributed by atoms with E-state index in [2.05, 4.69) is 35.5 Å². The number of hydrogen-bond donors (Lipinski definition) is 1. The largest absolute Gasteiger partial charge is 0.314 e. The van der Waals surface area contributed by atoms with Gasteiger partial charge in [0, 0.05) is 37.1 Å². The molecule has 1 aliphatic rings. The van der Waals surface area contributed by atoms with Crippen molar-refractivity contribution in [1.29, 1.82) is 0 Å². The van der Waals surface area contributed by atoms with Gasteiger partial charge < -0.3 is 5.32 Å². The molecule has 1 aliphatic heterocycles. The molecule has 1 N–H and O–H groups in total. The lowest BCUT2D eigenvalue weighted by atomic mass is 10.1. The molecule has 1 saturated heterocycles. The molecule has 0 aromatic carbocycles. The Labute approximate surface area is 96.3 Å². The molecule has 15 heavy (non-hydrogen) atoms. The van der Waals surface area contributed by atoms with Crippen LogP contribution in [0.15, 0.2) is 11.4 Å². The molecule has 1 aromatic heterocycles. The second kappa shape index (κ2) is 5.10. The lowest BCUT2D eigenvalue weighted by Crippen LogP contribution is -2.50. The normalized spacial score (nSPS) is 23.2. The van der Waals surface area contributed by atoms with Gasteiger partial charge in [0.1, 0.15) is 0 Å². The Kier molecular flexibility index (Phi) is 3.78. The molecular formula is C12H20N2S. The molecule has 1 fully saturated rings. The summed E-state index contributed by atoms with van der Waals surface area (Å²) in [4.78, 5) is 4.16. The van der Waals surface area contributed by atoms with Crippen LogP contribution in [0.5, 0.6) is 0 Å². The van der Waals surface area contributed by atoms with Gasteiger partial charge in [-0.3, -0.25) is 4.90 Å². The fourth-order valence-corrected chi connectivity index (χ4v) is 3.09. The van der Waals surface area contributed by atoms with Gasteiger partial charge in [-0.2, -0.15) is 0 Å². The molecule has 0 aliphatic carbocycles. The molecule has 0 spiro atoms. The number of nitrogens with one attached hydrogen (secondary N) is 1. The maximum absolute atomic E-state index is 3.47. The minimum absolute atomic E-state index is 0.722. The molecule has 3 heteroatoms. The average molecular weight is 224 g/mol. The molecule has 1 atom stereocenters. The predicted molar refractivity (Wildman–Crippen MR) is 66.4 cm³/mol. The second-order valence-electron chi connectivity index (χ2n) is 4.26. The van der Waals surface area contributed by atoms with Gasteiger partial charge in [0.25, 0.3) is 0 Å². The smallest absolute Gasteiger partial charge is 0.0334 e. The zero-order valence-electron chi connectivity index (χ0n) is 9.62. The molecule has 0 saturated carbocycles. The third-order valence-corrected chi connectivity index (χ3v) is 4.27. The van der Waals surface area contributed by atoms with Gasteiger partial charge in [-0.15, -0.1) is 11.3 Å². The van der Waals surface area contributed by atoms with Crippen molar-refractivity contribution >= 4 is 11.3 Å². The van der Waals surface area contributed by atoms with Crippen LogP contribution < -0.4 is 5.32 Å². The third-order valence-electron chi connectivity index (χ3n) is 3.26. The summed E-state index contributed by atoms with van der Waals surface area (Å²) in [5.41, 5.74) is 1.45. The van der Waals surface area contributed by atoms with Crippen LogP contribution in [-0.2, 0) is 6.54 Å². The number of thiophene rings is 1. The zero-order chi connectivity index (χ0) is 10.7. The molecular weight excluding hydrogens is 204 g/mol. The molecule has 1 unspecified atom stereocenters. The summed E-state index contributed by atoms with van der Waals surface area (Å²) >= 11 is 1.89. The fraction of sp³-hybridized carbons (Fsp3) is 0.667. The Morgan fingerprint density at radius 1 is 1.60 bits per heavy atom. The van der Waals surface area contributed by atoms with E-state index < -0.39 is 0 Å². The predicted octanol–water partition coefficient (Wildman–Crippen LogP) is 2.24. The highest BCUT2D eigenvalue weighted by atomic mass is 32.1. The van der Waals surface area contributed by atoms with Crippen molar-refractivity contribution in [3.05, 3.63) is 21.9 Å². The number of hydrogen-bond acceptors (Lipinski definition) is 3. The van der Waals surface area contributed by atoms with E-state index in [0.717, 1.165) is 25.7 Å². The number of nitrogens with zero attached hydrogens (tertiary/aromatic N) is 1. The van der Waals surface area contributed by atoms with Crippen LogP contribution in [0.4, 0.5) is 0 Å². The van der Waals surface area contributed by atoms with E-state index in [1.54, 1.807) is 0 Å². The zero-order valence-corrected chi connectivity index (χ0v) is 10.4. The van der Waals surface area contributed by atoms with Crippen molar-refractivity contribution < 1.29 is 0 Å². The Balaban J connectivity index is 2.00. The van der Waals surface area contributed by atoms with Crippen molar-refractivity contribution in [1.82, 2.24) is 10.2 Å². The van der Waals surface area contributed by atoms with Crippen LogP contribution >= 0.6 is 11.3 Å². The van der Waals surface area contributed by atoms with Gasteiger partial charge >= 0.3 is 0 Å². The van der Waals surface area contributed by atoms with Crippen molar-refractivity contribution in [3.8, 4) is 0 Å². The van der Waals surface area contributed by atoms with Crippen molar-refractivity contribution in [2.24, 2.45) is 0 Å². The van der Waals surface area contributed by atoms with Gasteiger partial charge in [0.15, 0.2) is 0 Å². The molecule has 2 rings (SSSR count). The molecule has 0 radical (unpaired) electrons. The maximum atomic E-state index is 3.47. The summed E-state index contributed by atoms with van der Waals surface area (Å²) in [6.07, 6.45) is 1.25. The first-order valence-corrected chi connectivity index (χ1v) is 6.67. The van der Waals surface area contributed by atoms with Gasteiger partial charge in [-0.05, 0) is 30.4 Å². The van der Waals surface area contributed by atoms with E-state index in [-0.39, 0.29) is 0 Å². The fourth-order valence-electron chi connectivity index (χ4n) is 2.16. The first kappa shape index (κ1) is 11.1. The summed E-state index contributed by atoms with van der Waals surface area (Å²) in [5, 5.41) is 5.67. The lowest BCUT2D eigenvalue weighted by molar-refractivity contribution is 0.150. The molecule has 0 bridgehead atoms. The molecule has 2 heterocycles. The van der Waals surface area contributed by atoms with Crippen molar-refractivity contribution in [2.45, 2.75) is 32.9 Å². The van der Waals surface area contributed by atoms with Gasteiger partial charge in [-0.25, -0.2) is 0 Å². The maximum Gasteiger partial charge on any atom is 0.0334 e. The number of piperazine rings is 1. The van der Waals surface area contributed by atoms with E-state index in [1.165, 1.54) is 23.4 Å². The first-order chi connectivity index (χ1) is 7.31. The summed E-state index contributed by atoms with van der Waals surface area (Å²) in [6, 6.07) is 2.95. The number of rotatable bonds is 3. The van der Waals surface area contributed by atoms with Crippen LogP contribution in [0.2, 0.25) is 0 Å². The van der Waals surface area contributed by atoms with E-state index >= 15 is 0 Å². The average Bonchev–Trinajstić information content (AvgIpc) is 2.65. The topological polar surface area (TPSA) is 15.3 Å². The standard InChI is InChI=1S/C12H20N2S/c1-3-11-8-13-5-6-14(11)9-12-10(2)4-7-15-12/h4,7,11,13H,3,5-6,8-9H2,1-2H3. The molecule has 2 nitrogen and oxygen atoms in total. The number of aryl methyl sites for hydroxylation is 1. The highest BCUT2D eigenvalue weighted by Gasteiger charge is 2.20. The Hall–Kier alpha value is -0.380. The van der Waals surface area contributed by atoms with E-state index in [0.29, 0.717) is 0 Å². The second-order valence-corrected chi connectivity index (χ2v) is 5.26. The SMILES string of the molecule is CCC1CNCCN1Cc1sccc1C. The van der Waals surface area contributed by atoms with Crippen molar-refractivity contribution in [3.63, 3.8) is 0 Å². The monoisotopic (exact) mass is 224 g/mol. The van der Waals surface area contributed by atoms with Crippen LogP contribution in [0.3, 0.4) is 0 Å². The minimum Gasteiger partial charge on any atom is -0.314 e. The third kappa shape index (κ3) is 2.60. The summed E-state index contributed by atoms with van der Waals surface area (Å²) in [5.74, 6) is 0. The molecule has 1 aromatic rings. The van der Waals surface area contributed by atoms with Crippen LogP contribution in [0.1, 0.15) is 23.8 Å². The van der Waals surface area contributed by atoms with E-state index in [1.807, 2.05) is 11.3 Å². The quantitative estimate of drug-likeness (QED) is 0.847. The van der Waals surface area contributed by atoms with Crippen LogP contribution in [0.25, 0.3) is 0 Å². The Morgan fingerprint density at radius 2 is 2.47 bits per heavy atom. The Bertz CT molecular complexity index is 308. The van der Waals surface area contributed by atoms with Gasteiger partial charge in [-0.1, -0.05) is 6.92 Å². The highest BCUT2D eigenvalue weighted by molar-refractivity contribution is 7.10. The molecule has 84 valence electrons. The van der Waals surface area contributed by atoms with Crippen LogP contribution in [-0.4, -0.2) is 30.6 Å². The summed E-state index contributed by atoms with van der Waals surface area (Å²) in [6.45, 7) is 9.13. The molecule has 0 amide bonds. The van der Waals surface area contributed by atoms with Gasteiger partial charge in [0.2, 0.25) is 0 Å². The van der Waals surface area contributed by atoms with Crippen molar-refractivity contribution in [2.75, 3.05) is 19.6 Å². The minimum atomic E-state index is 0.722. The Morgan fingerprint density at radius 3 is 3.13 bits per heavy atom. The highest BCUT2D eigenvalue weighted by Crippen LogP contribution is 2.20.